The Morgan fingerprint density at radius 2 is 1.86 bits per heavy atom. The summed E-state index contributed by atoms with van der Waals surface area (Å²) in [5, 5.41) is 8.10. The van der Waals surface area contributed by atoms with Gasteiger partial charge in [-0.2, -0.15) is 0 Å². The van der Waals surface area contributed by atoms with Gasteiger partial charge < -0.3 is 5.32 Å². The summed E-state index contributed by atoms with van der Waals surface area (Å²) in [6.07, 6.45) is 0.955. The number of amides is 1. The van der Waals surface area contributed by atoms with Crippen LogP contribution in [0.1, 0.15) is 48.7 Å². The fraction of sp³-hybridized carbons (Fsp3) is 0.533. The Bertz CT molecular complexity index is 639. The standard InChI is InChI=1S/C15H24N2O3S/c1-6-9(2)12(5)17-15(18)13-7-10(3)11(4)14(8-13)21(16,19)20/h7-9,12H,6H2,1-5H3,(H,17,18)(H2,16,19,20)/t9-,12+/m0/s1. The minimum atomic E-state index is -3.84. The zero-order valence-electron chi connectivity index (χ0n) is 13.2. The van der Waals surface area contributed by atoms with Crippen molar-refractivity contribution in [1.29, 1.82) is 0 Å². The van der Waals surface area contributed by atoms with Crippen molar-refractivity contribution < 1.29 is 13.2 Å². The molecule has 0 aliphatic heterocycles. The molecule has 0 aliphatic rings. The van der Waals surface area contributed by atoms with Crippen molar-refractivity contribution in [3.05, 3.63) is 28.8 Å². The van der Waals surface area contributed by atoms with Gasteiger partial charge in [-0.3, -0.25) is 4.79 Å². The second-order valence-electron chi connectivity index (χ2n) is 5.61. The maximum atomic E-state index is 12.3. The molecular formula is C15H24N2O3S. The van der Waals surface area contributed by atoms with Gasteiger partial charge >= 0.3 is 0 Å². The minimum absolute atomic E-state index is 0.00356. The van der Waals surface area contributed by atoms with Crippen LogP contribution in [-0.4, -0.2) is 20.4 Å². The molecule has 0 fully saturated rings. The second kappa shape index (κ2) is 6.58. The van der Waals surface area contributed by atoms with Gasteiger partial charge in [0, 0.05) is 11.6 Å². The first-order valence-corrected chi connectivity index (χ1v) is 8.57. The number of primary sulfonamides is 1. The second-order valence-corrected chi connectivity index (χ2v) is 7.14. The number of hydrogen-bond acceptors (Lipinski definition) is 3. The van der Waals surface area contributed by atoms with Gasteiger partial charge in [0.25, 0.3) is 5.91 Å². The van der Waals surface area contributed by atoms with Crippen LogP contribution in [0.15, 0.2) is 17.0 Å². The number of rotatable bonds is 5. The highest BCUT2D eigenvalue weighted by Gasteiger charge is 2.19. The largest absolute Gasteiger partial charge is 0.349 e. The van der Waals surface area contributed by atoms with Crippen molar-refractivity contribution in [3.8, 4) is 0 Å². The van der Waals surface area contributed by atoms with E-state index in [0.29, 0.717) is 17.0 Å². The van der Waals surface area contributed by atoms with Gasteiger partial charge in [0.15, 0.2) is 0 Å². The van der Waals surface area contributed by atoms with E-state index in [1.807, 2.05) is 6.92 Å². The molecule has 0 saturated heterocycles. The molecule has 0 unspecified atom stereocenters. The van der Waals surface area contributed by atoms with Gasteiger partial charge in [-0.25, -0.2) is 13.6 Å². The quantitative estimate of drug-likeness (QED) is 0.872. The lowest BCUT2D eigenvalue weighted by atomic mass is 10.00. The molecule has 0 radical (unpaired) electrons. The van der Waals surface area contributed by atoms with Crippen molar-refractivity contribution >= 4 is 15.9 Å². The van der Waals surface area contributed by atoms with Crippen LogP contribution in [0, 0.1) is 19.8 Å². The molecule has 0 spiro atoms. The summed E-state index contributed by atoms with van der Waals surface area (Å²) >= 11 is 0. The third-order valence-corrected chi connectivity index (χ3v) is 5.08. The molecule has 21 heavy (non-hydrogen) atoms. The van der Waals surface area contributed by atoms with Crippen molar-refractivity contribution in [3.63, 3.8) is 0 Å². The highest BCUT2D eigenvalue weighted by atomic mass is 32.2. The van der Waals surface area contributed by atoms with Crippen LogP contribution in [0.3, 0.4) is 0 Å². The van der Waals surface area contributed by atoms with Crippen LogP contribution >= 0.6 is 0 Å². The maximum Gasteiger partial charge on any atom is 0.251 e. The van der Waals surface area contributed by atoms with E-state index in [9.17, 15) is 13.2 Å². The third-order valence-electron chi connectivity index (χ3n) is 4.04. The summed E-state index contributed by atoms with van der Waals surface area (Å²) in [5.74, 6) is 0.0639. The van der Waals surface area contributed by atoms with E-state index >= 15 is 0 Å². The molecule has 2 atom stereocenters. The number of carbonyl (C=O) groups excluding carboxylic acids is 1. The van der Waals surface area contributed by atoms with E-state index in [1.165, 1.54) is 6.07 Å². The summed E-state index contributed by atoms with van der Waals surface area (Å²) in [4.78, 5) is 12.3. The zero-order valence-corrected chi connectivity index (χ0v) is 14.0. The average molecular weight is 312 g/mol. The van der Waals surface area contributed by atoms with Crippen LogP contribution in [0.25, 0.3) is 0 Å². The number of nitrogens with two attached hydrogens (primary N) is 1. The number of benzene rings is 1. The molecule has 6 heteroatoms. The Labute approximate surface area is 127 Å². The molecule has 0 aliphatic carbocycles. The molecule has 1 aromatic carbocycles. The summed E-state index contributed by atoms with van der Waals surface area (Å²) in [6, 6.07) is 3.04. The molecule has 0 bridgehead atoms. The summed E-state index contributed by atoms with van der Waals surface area (Å²) < 4.78 is 23.2. The minimum Gasteiger partial charge on any atom is -0.349 e. The lowest BCUT2D eigenvalue weighted by molar-refractivity contribution is 0.0928. The van der Waals surface area contributed by atoms with Crippen LogP contribution < -0.4 is 10.5 Å². The number of carbonyl (C=O) groups is 1. The van der Waals surface area contributed by atoms with Gasteiger partial charge in [0.05, 0.1) is 4.90 Å². The van der Waals surface area contributed by atoms with Gasteiger partial charge in [-0.05, 0) is 49.9 Å². The Balaban J connectivity index is 3.15. The van der Waals surface area contributed by atoms with Gasteiger partial charge in [0.2, 0.25) is 10.0 Å². The number of sulfonamides is 1. The van der Waals surface area contributed by atoms with Gasteiger partial charge in [0.1, 0.15) is 0 Å². The predicted molar refractivity (Wildman–Crippen MR) is 83.7 cm³/mol. The first-order chi connectivity index (χ1) is 9.57. The molecule has 0 saturated carbocycles. The van der Waals surface area contributed by atoms with Gasteiger partial charge in [-0.1, -0.05) is 20.3 Å². The smallest absolute Gasteiger partial charge is 0.251 e. The van der Waals surface area contributed by atoms with Crippen LogP contribution in [0.4, 0.5) is 0 Å². The molecule has 1 aromatic rings. The number of nitrogens with one attached hydrogen (secondary N) is 1. The third kappa shape index (κ3) is 4.28. The Morgan fingerprint density at radius 1 is 1.29 bits per heavy atom. The first-order valence-electron chi connectivity index (χ1n) is 7.02. The fourth-order valence-corrected chi connectivity index (χ4v) is 2.92. The van der Waals surface area contributed by atoms with Gasteiger partial charge in [-0.15, -0.1) is 0 Å². The van der Waals surface area contributed by atoms with E-state index in [1.54, 1.807) is 19.9 Å². The summed E-state index contributed by atoms with van der Waals surface area (Å²) in [5.41, 5.74) is 1.61. The van der Waals surface area contributed by atoms with Crippen LogP contribution in [0.5, 0.6) is 0 Å². The molecule has 118 valence electrons. The maximum absolute atomic E-state index is 12.3. The predicted octanol–water partition coefficient (Wildman–Crippen LogP) is 2.12. The van der Waals surface area contributed by atoms with Crippen LogP contribution in [0.2, 0.25) is 0 Å². The molecule has 3 N–H and O–H groups in total. The molecule has 0 heterocycles. The van der Waals surface area contributed by atoms with E-state index in [-0.39, 0.29) is 16.8 Å². The Hall–Kier alpha value is -1.40. The SMILES string of the molecule is CC[C@H](C)[C@@H](C)NC(=O)c1cc(C)c(C)c(S(N)(=O)=O)c1. The van der Waals surface area contributed by atoms with E-state index < -0.39 is 10.0 Å². The average Bonchev–Trinajstić information content (AvgIpc) is 2.38. The van der Waals surface area contributed by atoms with Crippen molar-refractivity contribution in [2.45, 2.75) is 52.0 Å². The number of aryl methyl sites for hydroxylation is 1. The van der Waals surface area contributed by atoms with Crippen LogP contribution in [-0.2, 0) is 10.0 Å². The molecular weight excluding hydrogens is 288 g/mol. The summed E-state index contributed by atoms with van der Waals surface area (Å²) in [7, 11) is -3.84. The Morgan fingerprint density at radius 3 is 2.33 bits per heavy atom. The monoisotopic (exact) mass is 312 g/mol. The lowest BCUT2D eigenvalue weighted by Gasteiger charge is -2.20. The van der Waals surface area contributed by atoms with Crippen molar-refractivity contribution in [2.24, 2.45) is 11.1 Å². The number of hydrogen-bond donors (Lipinski definition) is 2. The highest BCUT2D eigenvalue weighted by Crippen LogP contribution is 2.20. The lowest BCUT2D eigenvalue weighted by Crippen LogP contribution is -2.37. The first kappa shape index (κ1) is 17.7. The van der Waals surface area contributed by atoms with E-state index in [0.717, 1.165) is 12.0 Å². The fourth-order valence-electron chi connectivity index (χ4n) is 2.04. The topological polar surface area (TPSA) is 89.3 Å². The molecule has 1 rings (SSSR count). The van der Waals surface area contributed by atoms with Crippen molar-refractivity contribution in [2.75, 3.05) is 0 Å². The zero-order chi connectivity index (χ0) is 16.4. The van der Waals surface area contributed by atoms with Crippen molar-refractivity contribution in [1.82, 2.24) is 5.32 Å². The highest BCUT2D eigenvalue weighted by molar-refractivity contribution is 7.89. The molecule has 5 nitrogen and oxygen atoms in total. The molecule has 1 amide bonds. The Kier molecular flexibility index (Phi) is 5.53. The molecule has 0 aromatic heterocycles. The van der Waals surface area contributed by atoms with E-state index in [2.05, 4.69) is 19.2 Å². The summed E-state index contributed by atoms with van der Waals surface area (Å²) in [6.45, 7) is 9.49. The van der Waals surface area contributed by atoms with E-state index in [4.69, 9.17) is 5.14 Å². The normalized spacial score (nSPS) is 14.6.